The summed E-state index contributed by atoms with van der Waals surface area (Å²) >= 11 is 5.77. The minimum absolute atomic E-state index is 0.161. The Hall–Kier alpha value is -1.79. The van der Waals surface area contributed by atoms with Gasteiger partial charge >= 0.3 is 0 Å². The molecule has 7 heteroatoms. The molecule has 0 aliphatic rings. The summed E-state index contributed by atoms with van der Waals surface area (Å²) < 4.78 is 27.6. The molecule has 0 saturated carbocycles. The first-order chi connectivity index (χ1) is 9.70. The molecular formula is C14H16ClN3O2S. The van der Waals surface area contributed by atoms with Gasteiger partial charge in [-0.25, -0.2) is 13.4 Å². The number of rotatable bonds is 3. The SMILES string of the molecule is Cc1cc(N)cc(S(=O)(=O)Nc2ccc(Cl)nc2C)c1C. The number of nitrogen functional groups attached to an aromatic ring is 1. The third kappa shape index (κ3) is 3.28. The molecule has 112 valence electrons. The predicted octanol–water partition coefficient (Wildman–Crippen LogP) is 3.04. The van der Waals surface area contributed by atoms with E-state index in [1.165, 1.54) is 12.1 Å². The van der Waals surface area contributed by atoms with Gasteiger partial charge in [-0.15, -0.1) is 0 Å². The van der Waals surface area contributed by atoms with Crippen molar-refractivity contribution in [2.24, 2.45) is 0 Å². The molecule has 5 nitrogen and oxygen atoms in total. The molecule has 0 atom stereocenters. The van der Waals surface area contributed by atoms with E-state index in [1.54, 1.807) is 26.0 Å². The highest BCUT2D eigenvalue weighted by Gasteiger charge is 2.19. The van der Waals surface area contributed by atoms with Gasteiger partial charge in [-0.2, -0.15) is 0 Å². The number of aryl methyl sites for hydroxylation is 2. The number of pyridine rings is 1. The summed E-state index contributed by atoms with van der Waals surface area (Å²) in [5, 5.41) is 0.312. The van der Waals surface area contributed by atoms with Gasteiger partial charge < -0.3 is 5.73 Å². The van der Waals surface area contributed by atoms with Crippen molar-refractivity contribution in [1.29, 1.82) is 0 Å². The van der Waals surface area contributed by atoms with Gasteiger partial charge in [0.15, 0.2) is 0 Å². The second kappa shape index (κ2) is 5.54. The molecule has 1 aromatic carbocycles. The summed E-state index contributed by atoms with van der Waals surface area (Å²) in [6, 6.07) is 6.30. The topological polar surface area (TPSA) is 85.1 Å². The lowest BCUT2D eigenvalue weighted by Crippen LogP contribution is -2.16. The van der Waals surface area contributed by atoms with Crippen molar-refractivity contribution >= 4 is 33.0 Å². The van der Waals surface area contributed by atoms with Gasteiger partial charge in [0.25, 0.3) is 10.0 Å². The highest BCUT2D eigenvalue weighted by molar-refractivity contribution is 7.92. The van der Waals surface area contributed by atoms with Crippen LogP contribution in [0.4, 0.5) is 11.4 Å². The number of sulfonamides is 1. The fourth-order valence-corrected chi connectivity index (χ4v) is 3.63. The van der Waals surface area contributed by atoms with Crippen molar-refractivity contribution in [2.75, 3.05) is 10.5 Å². The van der Waals surface area contributed by atoms with Crippen molar-refractivity contribution in [2.45, 2.75) is 25.7 Å². The van der Waals surface area contributed by atoms with Crippen LogP contribution < -0.4 is 10.5 Å². The molecule has 0 spiro atoms. The zero-order chi connectivity index (χ0) is 15.8. The van der Waals surface area contributed by atoms with Crippen molar-refractivity contribution in [3.05, 3.63) is 46.2 Å². The summed E-state index contributed by atoms with van der Waals surface area (Å²) in [6.45, 7) is 5.25. The Balaban J connectivity index is 2.48. The Morgan fingerprint density at radius 2 is 1.86 bits per heavy atom. The summed E-state index contributed by atoms with van der Waals surface area (Å²) in [7, 11) is -3.74. The Bertz CT molecular complexity index is 804. The number of nitrogens with zero attached hydrogens (tertiary/aromatic N) is 1. The van der Waals surface area contributed by atoms with E-state index in [0.717, 1.165) is 5.56 Å². The van der Waals surface area contributed by atoms with Crippen LogP contribution >= 0.6 is 11.6 Å². The van der Waals surface area contributed by atoms with E-state index in [-0.39, 0.29) is 4.90 Å². The van der Waals surface area contributed by atoms with E-state index in [0.29, 0.717) is 27.8 Å². The number of hydrogen-bond acceptors (Lipinski definition) is 4. The predicted molar refractivity (Wildman–Crippen MR) is 85.1 cm³/mol. The van der Waals surface area contributed by atoms with Gasteiger partial charge in [-0.3, -0.25) is 4.72 Å². The van der Waals surface area contributed by atoms with Crippen molar-refractivity contribution in [3.63, 3.8) is 0 Å². The lowest BCUT2D eigenvalue weighted by molar-refractivity contribution is 0.600. The van der Waals surface area contributed by atoms with E-state index in [9.17, 15) is 8.42 Å². The molecule has 0 aliphatic heterocycles. The average Bonchev–Trinajstić information content (AvgIpc) is 2.37. The summed E-state index contributed by atoms with van der Waals surface area (Å²) in [5.74, 6) is 0. The molecule has 0 aliphatic carbocycles. The second-order valence-corrected chi connectivity index (χ2v) is 6.87. The third-order valence-corrected chi connectivity index (χ3v) is 4.93. The van der Waals surface area contributed by atoms with Gasteiger partial charge in [0.05, 0.1) is 16.3 Å². The van der Waals surface area contributed by atoms with Crippen molar-refractivity contribution in [1.82, 2.24) is 4.98 Å². The van der Waals surface area contributed by atoms with Gasteiger partial charge in [-0.05, 0) is 56.2 Å². The van der Waals surface area contributed by atoms with Crippen LogP contribution in [0.5, 0.6) is 0 Å². The number of anilines is 2. The Kier molecular flexibility index (Phi) is 4.11. The third-order valence-electron chi connectivity index (χ3n) is 3.23. The average molecular weight is 326 g/mol. The molecule has 0 saturated heterocycles. The number of nitrogens with one attached hydrogen (secondary N) is 1. The molecule has 0 fully saturated rings. The molecule has 0 radical (unpaired) electrons. The van der Waals surface area contributed by atoms with E-state index < -0.39 is 10.0 Å². The fourth-order valence-electron chi connectivity index (χ4n) is 1.97. The molecular weight excluding hydrogens is 310 g/mol. The van der Waals surface area contributed by atoms with Crippen molar-refractivity contribution < 1.29 is 8.42 Å². The quantitative estimate of drug-likeness (QED) is 0.671. The highest BCUT2D eigenvalue weighted by Crippen LogP contribution is 2.25. The molecule has 1 heterocycles. The zero-order valence-corrected chi connectivity index (χ0v) is 13.5. The second-order valence-electron chi connectivity index (χ2n) is 4.83. The number of nitrogens with two attached hydrogens (primary N) is 1. The van der Waals surface area contributed by atoms with Crippen LogP contribution in [0.3, 0.4) is 0 Å². The van der Waals surface area contributed by atoms with Gasteiger partial charge in [0.2, 0.25) is 0 Å². The maximum atomic E-state index is 12.5. The largest absolute Gasteiger partial charge is 0.399 e. The first kappa shape index (κ1) is 15.6. The number of hydrogen-bond donors (Lipinski definition) is 2. The molecule has 21 heavy (non-hydrogen) atoms. The van der Waals surface area contributed by atoms with Crippen LogP contribution in [0.2, 0.25) is 5.15 Å². The Morgan fingerprint density at radius 1 is 1.19 bits per heavy atom. The molecule has 2 rings (SSSR count). The minimum Gasteiger partial charge on any atom is -0.399 e. The maximum absolute atomic E-state index is 12.5. The first-order valence-electron chi connectivity index (χ1n) is 6.23. The van der Waals surface area contributed by atoms with E-state index in [1.807, 2.05) is 6.92 Å². The van der Waals surface area contributed by atoms with E-state index >= 15 is 0 Å². The molecule has 2 aromatic rings. The smallest absolute Gasteiger partial charge is 0.262 e. The van der Waals surface area contributed by atoms with E-state index in [4.69, 9.17) is 17.3 Å². The number of halogens is 1. The highest BCUT2D eigenvalue weighted by atomic mass is 35.5. The molecule has 0 unspecified atom stereocenters. The standard InChI is InChI=1S/C14H16ClN3O2S/c1-8-6-11(16)7-13(9(8)2)21(19,20)18-12-4-5-14(15)17-10(12)3/h4-7,18H,16H2,1-3H3. The minimum atomic E-state index is -3.74. The zero-order valence-electron chi connectivity index (χ0n) is 11.9. The van der Waals surface area contributed by atoms with Crippen molar-refractivity contribution in [3.8, 4) is 0 Å². The van der Waals surface area contributed by atoms with Gasteiger partial charge in [-0.1, -0.05) is 11.6 Å². The Morgan fingerprint density at radius 3 is 2.48 bits per heavy atom. The molecule has 1 aromatic heterocycles. The van der Waals surface area contributed by atoms with Gasteiger partial charge in [0.1, 0.15) is 5.15 Å². The van der Waals surface area contributed by atoms with E-state index in [2.05, 4.69) is 9.71 Å². The molecule has 3 N–H and O–H groups in total. The fraction of sp³-hybridized carbons (Fsp3) is 0.214. The summed E-state index contributed by atoms with van der Waals surface area (Å²) in [6.07, 6.45) is 0. The van der Waals surface area contributed by atoms with Crippen LogP contribution in [0.15, 0.2) is 29.2 Å². The number of aromatic nitrogens is 1. The lowest BCUT2D eigenvalue weighted by Gasteiger charge is -2.14. The monoisotopic (exact) mass is 325 g/mol. The number of benzene rings is 1. The van der Waals surface area contributed by atoms with Crippen LogP contribution in [0.1, 0.15) is 16.8 Å². The maximum Gasteiger partial charge on any atom is 0.262 e. The molecule has 0 bridgehead atoms. The van der Waals surface area contributed by atoms with Crippen LogP contribution in [-0.2, 0) is 10.0 Å². The summed E-state index contributed by atoms with van der Waals surface area (Å²) in [4.78, 5) is 4.18. The summed E-state index contributed by atoms with van der Waals surface area (Å²) in [5.41, 5.74) is 8.53. The lowest BCUT2D eigenvalue weighted by atomic mass is 10.1. The van der Waals surface area contributed by atoms with Gasteiger partial charge in [0, 0.05) is 5.69 Å². The molecule has 0 amide bonds. The van der Waals surface area contributed by atoms with Crippen LogP contribution in [-0.4, -0.2) is 13.4 Å². The van der Waals surface area contributed by atoms with Crippen LogP contribution in [0.25, 0.3) is 0 Å². The first-order valence-corrected chi connectivity index (χ1v) is 8.09. The normalized spacial score (nSPS) is 11.4. The Labute approximate surface area is 129 Å². The van der Waals surface area contributed by atoms with Crippen LogP contribution in [0, 0.1) is 20.8 Å².